The number of hydrogen-bond donors (Lipinski definition) is 1. The van der Waals surface area contributed by atoms with E-state index >= 15 is 0 Å². The molecule has 0 spiro atoms. The van der Waals surface area contributed by atoms with E-state index in [9.17, 15) is 9.90 Å². The van der Waals surface area contributed by atoms with Crippen LogP contribution in [0.25, 0.3) is 0 Å². The maximum Gasteiger partial charge on any atom is 0.308 e. The lowest BCUT2D eigenvalue weighted by molar-refractivity contribution is -0.145. The highest BCUT2D eigenvalue weighted by Crippen LogP contribution is 2.17. The molecule has 0 amide bonds. The van der Waals surface area contributed by atoms with Crippen LogP contribution in [0.3, 0.4) is 0 Å². The maximum absolute atomic E-state index is 11.1. The number of hydrogen-bond acceptors (Lipinski definition) is 4. The van der Waals surface area contributed by atoms with Gasteiger partial charge in [-0.15, -0.1) is 0 Å². The van der Waals surface area contributed by atoms with E-state index in [1.54, 1.807) is 19.1 Å². The van der Waals surface area contributed by atoms with Crippen LogP contribution >= 0.6 is 11.6 Å². The largest absolute Gasteiger partial charge is 0.466 e. The van der Waals surface area contributed by atoms with Gasteiger partial charge in [-0.3, -0.25) is 4.79 Å². The predicted molar refractivity (Wildman–Crippen MR) is 55.5 cm³/mol. The fraction of sp³-hybridized carbons (Fsp3) is 0.400. The summed E-state index contributed by atoms with van der Waals surface area (Å²) in [5.41, 5.74) is 0.549. The Morgan fingerprint density at radius 2 is 2.40 bits per heavy atom. The molecule has 1 unspecified atom stereocenters. The molecule has 15 heavy (non-hydrogen) atoms. The van der Waals surface area contributed by atoms with Gasteiger partial charge in [0, 0.05) is 6.20 Å². The third kappa shape index (κ3) is 3.85. The monoisotopic (exact) mass is 229 g/mol. The average molecular weight is 230 g/mol. The Balaban J connectivity index is 2.57. The van der Waals surface area contributed by atoms with Crippen LogP contribution in [-0.2, 0) is 9.53 Å². The second-order valence-corrected chi connectivity index (χ2v) is 3.33. The summed E-state index contributed by atoms with van der Waals surface area (Å²) in [6, 6.07) is 3.19. The molecule has 0 saturated heterocycles. The number of rotatable bonds is 4. The number of halogens is 1. The average Bonchev–Trinajstić information content (AvgIpc) is 2.18. The van der Waals surface area contributed by atoms with Crippen LogP contribution in [0.15, 0.2) is 18.3 Å². The van der Waals surface area contributed by atoms with Crippen molar-refractivity contribution in [1.29, 1.82) is 0 Å². The first-order chi connectivity index (χ1) is 7.13. The number of esters is 1. The Kier molecular flexibility index (Phi) is 4.52. The van der Waals surface area contributed by atoms with E-state index in [1.807, 2.05) is 0 Å². The highest BCUT2D eigenvalue weighted by Gasteiger charge is 2.13. The highest BCUT2D eigenvalue weighted by atomic mass is 35.5. The lowest BCUT2D eigenvalue weighted by Crippen LogP contribution is -2.10. The number of aliphatic hydroxyl groups excluding tert-OH is 1. The van der Waals surface area contributed by atoms with Gasteiger partial charge in [-0.2, -0.15) is 0 Å². The number of nitrogens with zero attached hydrogens (tertiary/aromatic N) is 1. The summed E-state index contributed by atoms with van der Waals surface area (Å²) in [5, 5.41) is 9.97. The fourth-order valence-electron chi connectivity index (χ4n) is 1.08. The summed E-state index contributed by atoms with van der Waals surface area (Å²) < 4.78 is 4.71. The number of carbonyl (C=O) groups is 1. The van der Waals surface area contributed by atoms with E-state index < -0.39 is 12.1 Å². The summed E-state index contributed by atoms with van der Waals surface area (Å²) in [5.74, 6) is -0.431. The molecule has 1 aromatic heterocycles. The van der Waals surface area contributed by atoms with Crippen molar-refractivity contribution in [3.8, 4) is 0 Å². The molecule has 82 valence electrons. The van der Waals surface area contributed by atoms with Crippen LogP contribution in [0.5, 0.6) is 0 Å². The minimum absolute atomic E-state index is 0.0723. The molecular weight excluding hydrogens is 218 g/mol. The smallest absolute Gasteiger partial charge is 0.308 e. The second kappa shape index (κ2) is 5.68. The van der Waals surface area contributed by atoms with Crippen molar-refractivity contribution in [1.82, 2.24) is 4.98 Å². The molecule has 0 aliphatic rings. The molecular formula is C10H12ClNO3. The summed E-state index contributed by atoms with van der Waals surface area (Å²) in [4.78, 5) is 14.9. The van der Waals surface area contributed by atoms with Gasteiger partial charge in [0.05, 0.1) is 19.1 Å². The quantitative estimate of drug-likeness (QED) is 0.631. The Labute approximate surface area is 92.8 Å². The van der Waals surface area contributed by atoms with E-state index in [0.29, 0.717) is 17.3 Å². The van der Waals surface area contributed by atoms with Crippen molar-refractivity contribution in [2.75, 3.05) is 6.61 Å². The van der Waals surface area contributed by atoms with Crippen LogP contribution in [-0.4, -0.2) is 22.7 Å². The standard InChI is InChI=1S/C10H12ClNO3/c1-2-15-10(14)5-8(13)7-3-4-9(11)12-6-7/h3-4,6,8,13H,2,5H2,1H3. The van der Waals surface area contributed by atoms with Crippen LogP contribution in [0.2, 0.25) is 5.15 Å². The molecule has 0 radical (unpaired) electrons. The van der Waals surface area contributed by atoms with E-state index in [-0.39, 0.29) is 6.42 Å². The first-order valence-electron chi connectivity index (χ1n) is 4.58. The SMILES string of the molecule is CCOC(=O)CC(O)c1ccc(Cl)nc1. The number of aliphatic hydroxyl groups is 1. The zero-order valence-electron chi connectivity index (χ0n) is 8.31. The molecule has 0 bridgehead atoms. The van der Waals surface area contributed by atoms with Gasteiger partial charge in [0.2, 0.25) is 0 Å². The molecule has 1 N–H and O–H groups in total. The van der Waals surface area contributed by atoms with Gasteiger partial charge in [0.25, 0.3) is 0 Å². The van der Waals surface area contributed by atoms with Crippen LogP contribution in [0, 0.1) is 0 Å². The van der Waals surface area contributed by atoms with E-state index in [2.05, 4.69) is 4.98 Å². The van der Waals surface area contributed by atoms with Gasteiger partial charge < -0.3 is 9.84 Å². The van der Waals surface area contributed by atoms with E-state index in [4.69, 9.17) is 16.3 Å². The van der Waals surface area contributed by atoms with Gasteiger partial charge in [0.1, 0.15) is 5.15 Å². The Morgan fingerprint density at radius 1 is 1.67 bits per heavy atom. The Morgan fingerprint density at radius 3 is 2.93 bits per heavy atom. The summed E-state index contributed by atoms with van der Waals surface area (Å²) in [6.45, 7) is 2.03. The van der Waals surface area contributed by atoms with Crippen molar-refractivity contribution in [3.05, 3.63) is 29.0 Å². The molecule has 0 fully saturated rings. The number of pyridine rings is 1. The fourth-order valence-corrected chi connectivity index (χ4v) is 1.19. The molecule has 1 aromatic rings. The van der Waals surface area contributed by atoms with Gasteiger partial charge in [-0.05, 0) is 18.6 Å². The van der Waals surface area contributed by atoms with Crippen LogP contribution in [0.4, 0.5) is 0 Å². The number of aromatic nitrogens is 1. The molecule has 1 rings (SSSR count). The zero-order chi connectivity index (χ0) is 11.3. The van der Waals surface area contributed by atoms with Gasteiger partial charge in [-0.25, -0.2) is 4.98 Å². The minimum atomic E-state index is -0.895. The normalized spacial score (nSPS) is 12.2. The minimum Gasteiger partial charge on any atom is -0.466 e. The third-order valence-electron chi connectivity index (χ3n) is 1.80. The molecule has 0 aromatic carbocycles. The van der Waals surface area contributed by atoms with E-state index in [0.717, 1.165) is 0 Å². The molecule has 4 nitrogen and oxygen atoms in total. The van der Waals surface area contributed by atoms with Crippen LogP contribution < -0.4 is 0 Å². The Hall–Kier alpha value is -1.13. The zero-order valence-corrected chi connectivity index (χ0v) is 9.07. The van der Waals surface area contributed by atoms with Gasteiger partial charge in [0.15, 0.2) is 0 Å². The molecule has 1 atom stereocenters. The topological polar surface area (TPSA) is 59.4 Å². The first-order valence-corrected chi connectivity index (χ1v) is 4.96. The highest BCUT2D eigenvalue weighted by molar-refractivity contribution is 6.29. The molecule has 0 aliphatic carbocycles. The molecule has 0 aliphatic heterocycles. The number of carbonyl (C=O) groups excluding carboxylic acids is 1. The van der Waals surface area contributed by atoms with Crippen LogP contribution in [0.1, 0.15) is 25.0 Å². The van der Waals surface area contributed by atoms with Gasteiger partial charge in [-0.1, -0.05) is 17.7 Å². The first kappa shape index (κ1) is 11.9. The summed E-state index contributed by atoms with van der Waals surface area (Å²) in [7, 11) is 0. The predicted octanol–water partition coefficient (Wildman–Crippen LogP) is 1.72. The second-order valence-electron chi connectivity index (χ2n) is 2.94. The molecule has 1 heterocycles. The summed E-state index contributed by atoms with van der Waals surface area (Å²) >= 11 is 5.59. The van der Waals surface area contributed by atoms with Crippen molar-refractivity contribution >= 4 is 17.6 Å². The van der Waals surface area contributed by atoms with Crippen molar-refractivity contribution in [2.45, 2.75) is 19.4 Å². The lowest BCUT2D eigenvalue weighted by atomic mass is 10.1. The summed E-state index contributed by atoms with van der Waals surface area (Å²) in [6.07, 6.45) is 0.470. The Bertz CT molecular complexity index is 326. The van der Waals surface area contributed by atoms with Crippen molar-refractivity contribution in [3.63, 3.8) is 0 Å². The molecule has 0 saturated carbocycles. The maximum atomic E-state index is 11.1. The third-order valence-corrected chi connectivity index (χ3v) is 2.02. The van der Waals surface area contributed by atoms with Gasteiger partial charge >= 0.3 is 5.97 Å². The van der Waals surface area contributed by atoms with Crippen molar-refractivity contribution in [2.24, 2.45) is 0 Å². The lowest BCUT2D eigenvalue weighted by Gasteiger charge is -2.09. The molecule has 5 heteroatoms. The number of ether oxygens (including phenoxy) is 1. The van der Waals surface area contributed by atoms with E-state index in [1.165, 1.54) is 6.20 Å². The van der Waals surface area contributed by atoms with Crippen molar-refractivity contribution < 1.29 is 14.6 Å².